The molecule has 0 spiro atoms. The third-order valence-electron chi connectivity index (χ3n) is 7.63. The van der Waals surface area contributed by atoms with Gasteiger partial charge in [0, 0.05) is 49.3 Å². The molecule has 1 aromatic heterocycles. The summed E-state index contributed by atoms with van der Waals surface area (Å²) in [7, 11) is 0. The molecule has 0 bridgehead atoms. The number of benzene rings is 3. The number of piperazine rings is 1. The number of aromatic nitrogens is 1. The van der Waals surface area contributed by atoms with Crippen molar-refractivity contribution >= 4 is 16.6 Å². The minimum absolute atomic E-state index is 0.273. The molecule has 2 heterocycles. The van der Waals surface area contributed by atoms with E-state index in [9.17, 15) is 10.2 Å². The fourth-order valence-corrected chi connectivity index (χ4v) is 5.67. The summed E-state index contributed by atoms with van der Waals surface area (Å²) in [5.41, 5.74) is 7.41. The number of para-hydroxylation sites is 1. The maximum atomic E-state index is 10.1. The first-order valence-electron chi connectivity index (χ1n) is 13.2. The zero-order valence-electron chi connectivity index (χ0n) is 21.5. The maximum Gasteiger partial charge on any atom is 0.116 e. The van der Waals surface area contributed by atoms with E-state index in [1.807, 2.05) is 24.3 Å². The molecule has 36 heavy (non-hydrogen) atoms. The average Bonchev–Trinajstić information content (AvgIpc) is 3.18. The highest BCUT2D eigenvalue weighted by molar-refractivity contribution is 5.92. The number of phenols is 2. The van der Waals surface area contributed by atoms with Crippen LogP contribution in [-0.2, 0) is 13.0 Å². The van der Waals surface area contributed by atoms with Crippen LogP contribution in [0, 0.1) is 6.92 Å². The second-order valence-corrected chi connectivity index (χ2v) is 9.89. The normalized spacial score (nSPS) is 14.6. The van der Waals surface area contributed by atoms with E-state index in [-0.39, 0.29) is 5.75 Å². The molecule has 0 radical (unpaired) electrons. The van der Waals surface area contributed by atoms with Crippen molar-refractivity contribution in [2.75, 3.05) is 37.6 Å². The van der Waals surface area contributed by atoms with Gasteiger partial charge in [-0.1, -0.05) is 25.1 Å². The molecule has 1 saturated heterocycles. The fraction of sp³-hybridized carbons (Fsp3) is 0.355. The topological polar surface area (TPSA) is 51.9 Å². The Balaban J connectivity index is 1.23. The average molecular weight is 484 g/mol. The summed E-state index contributed by atoms with van der Waals surface area (Å²) in [5, 5.41) is 20.9. The van der Waals surface area contributed by atoms with Gasteiger partial charge in [0.2, 0.25) is 0 Å². The summed E-state index contributed by atoms with van der Waals surface area (Å²) < 4.78 is 2.39. The summed E-state index contributed by atoms with van der Waals surface area (Å²) in [6, 6.07) is 21.9. The van der Waals surface area contributed by atoms with Crippen molar-refractivity contribution in [3.63, 3.8) is 0 Å². The number of hydrogen-bond donors (Lipinski definition) is 2. The van der Waals surface area contributed by atoms with Gasteiger partial charge in [0.1, 0.15) is 11.5 Å². The Morgan fingerprint density at radius 3 is 2.22 bits per heavy atom. The Bertz CT molecular complexity index is 1320. The van der Waals surface area contributed by atoms with Gasteiger partial charge >= 0.3 is 0 Å². The lowest BCUT2D eigenvalue weighted by molar-refractivity contribution is 0.251. The zero-order chi connectivity index (χ0) is 25.1. The van der Waals surface area contributed by atoms with Crippen LogP contribution >= 0.6 is 0 Å². The molecule has 1 aliphatic heterocycles. The summed E-state index contributed by atoms with van der Waals surface area (Å²) in [6.45, 7) is 10.8. The van der Waals surface area contributed by atoms with Crippen LogP contribution in [0.15, 0.2) is 66.7 Å². The first-order chi connectivity index (χ1) is 17.5. The molecular formula is C31H37N3O2. The molecule has 1 aliphatic rings. The first-order valence-corrected chi connectivity index (χ1v) is 13.2. The lowest BCUT2D eigenvalue weighted by Gasteiger charge is -2.37. The standard InChI is InChI=1S/C31H37N3O2/c1-3-24-8-4-5-9-29(24)33-20-18-32(19-21-33)16-6-7-17-34-30-15-14-27(36)22-28(30)23(2)31(34)25-10-12-26(35)13-11-25/h4-5,8-15,22,35-36H,3,6-7,16-21H2,1-2H3. The Kier molecular flexibility index (Phi) is 7.19. The van der Waals surface area contributed by atoms with Crippen LogP contribution in [0.4, 0.5) is 5.69 Å². The highest BCUT2D eigenvalue weighted by Crippen LogP contribution is 2.36. The number of anilines is 1. The van der Waals surface area contributed by atoms with Crippen molar-refractivity contribution in [3.05, 3.63) is 77.9 Å². The van der Waals surface area contributed by atoms with Crippen LogP contribution < -0.4 is 4.90 Å². The van der Waals surface area contributed by atoms with E-state index in [1.54, 1.807) is 18.2 Å². The molecule has 0 saturated carbocycles. The molecule has 0 amide bonds. The van der Waals surface area contributed by atoms with Crippen molar-refractivity contribution < 1.29 is 10.2 Å². The van der Waals surface area contributed by atoms with Crippen molar-refractivity contribution in [2.45, 2.75) is 39.7 Å². The lowest BCUT2D eigenvalue weighted by atomic mass is 10.1. The molecule has 4 aromatic rings. The second-order valence-electron chi connectivity index (χ2n) is 9.89. The molecule has 0 unspecified atom stereocenters. The molecular weight excluding hydrogens is 446 g/mol. The van der Waals surface area contributed by atoms with Gasteiger partial charge in [-0.25, -0.2) is 0 Å². The number of nitrogens with zero attached hydrogens (tertiary/aromatic N) is 3. The van der Waals surface area contributed by atoms with E-state index in [0.717, 1.165) is 80.6 Å². The van der Waals surface area contributed by atoms with E-state index in [4.69, 9.17) is 0 Å². The summed E-state index contributed by atoms with van der Waals surface area (Å²) in [4.78, 5) is 5.15. The van der Waals surface area contributed by atoms with Gasteiger partial charge in [0.25, 0.3) is 0 Å². The summed E-state index contributed by atoms with van der Waals surface area (Å²) in [6.07, 6.45) is 3.32. The predicted octanol–water partition coefficient (Wildman–Crippen LogP) is 6.19. The highest BCUT2D eigenvalue weighted by atomic mass is 16.3. The number of hydrogen-bond acceptors (Lipinski definition) is 4. The molecule has 3 aromatic carbocycles. The van der Waals surface area contributed by atoms with Crippen LogP contribution in [0.5, 0.6) is 11.5 Å². The molecule has 2 N–H and O–H groups in total. The van der Waals surface area contributed by atoms with Gasteiger partial charge in [-0.2, -0.15) is 0 Å². The third-order valence-corrected chi connectivity index (χ3v) is 7.63. The number of fused-ring (bicyclic) bond motifs is 1. The van der Waals surface area contributed by atoms with E-state index >= 15 is 0 Å². The van der Waals surface area contributed by atoms with Crippen molar-refractivity contribution in [2.24, 2.45) is 0 Å². The summed E-state index contributed by atoms with van der Waals surface area (Å²) in [5.74, 6) is 0.565. The van der Waals surface area contributed by atoms with Gasteiger partial charge in [-0.3, -0.25) is 4.90 Å². The van der Waals surface area contributed by atoms with E-state index in [1.165, 1.54) is 16.9 Å². The Hall–Kier alpha value is -3.44. The van der Waals surface area contributed by atoms with Crippen molar-refractivity contribution in [1.82, 2.24) is 9.47 Å². The molecule has 5 rings (SSSR count). The lowest BCUT2D eigenvalue weighted by Crippen LogP contribution is -2.46. The van der Waals surface area contributed by atoms with Crippen LogP contribution in [0.1, 0.15) is 30.9 Å². The van der Waals surface area contributed by atoms with Gasteiger partial charge in [-0.05, 0) is 98.0 Å². The van der Waals surface area contributed by atoms with Crippen LogP contribution in [0.2, 0.25) is 0 Å². The van der Waals surface area contributed by atoms with Crippen molar-refractivity contribution in [1.29, 1.82) is 0 Å². The molecule has 0 atom stereocenters. The number of unbranched alkanes of at least 4 members (excludes halogenated alkanes) is 1. The number of rotatable bonds is 8. The Labute approximate surface area is 214 Å². The number of aromatic hydroxyl groups is 2. The molecule has 5 nitrogen and oxygen atoms in total. The van der Waals surface area contributed by atoms with Gasteiger partial charge in [0.15, 0.2) is 0 Å². The van der Waals surface area contributed by atoms with E-state index in [2.05, 4.69) is 52.5 Å². The van der Waals surface area contributed by atoms with Gasteiger partial charge in [-0.15, -0.1) is 0 Å². The minimum atomic E-state index is 0.273. The molecule has 0 aliphatic carbocycles. The summed E-state index contributed by atoms with van der Waals surface area (Å²) >= 11 is 0. The fourth-order valence-electron chi connectivity index (χ4n) is 5.67. The monoisotopic (exact) mass is 483 g/mol. The predicted molar refractivity (Wildman–Crippen MR) is 149 cm³/mol. The third kappa shape index (κ3) is 4.93. The first kappa shape index (κ1) is 24.3. The number of aryl methyl sites for hydroxylation is 3. The van der Waals surface area contributed by atoms with Crippen LogP contribution in [-0.4, -0.2) is 52.4 Å². The number of phenolic OH excluding ortho intramolecular Hbond substituents is 2. The second kappa shape index (κ2) is 10.7. The van der Waals surface area contributed by atoms with Crippen LogP contribution in [0.3, 0.4) is 0 Å². The van der Waals surface area contributed by atoms with Gasteiger partial charge in [0.05, 0.1) is 5.69 Å². The SMILES string of the molecule is CCc1ccccc1N1CCN(CCCCn2c(-c3ccc(O)cc3)c(C)c3cc(O)ccc32)CC1. The highest BCUT2D eigenvalue weighted by Gasteiger charge is 2.19. The van der Waals surface area contributed by atoms with E-state index < -0.39 is 0 Å². The quantitative estimate of drug-likeness (QED) is 0.293. The van der Waals surface area contributed by atoms with Crippen molar-refractivity contribution in [3.8, 4) is 22.8 Å². The minimum Gasteiger partial charge on any atom is -0.508 e. The molecule has 188 valence electrons. The Morgan fingerprint density at radius 1 is 0.778 bits per heavy atom. The van der Waals surface area contributed by atoms with Gasteiger partial charge < -0.3 is 19.7 Å². The van der Waals surface area contributed by atoms with E-state index in [0.29, 0.717) is 5.75 Å². The van der Waals surface area contributed by atoms with Crippen LogP contribution in [0.25, 0.3) is 22.2 Å². The maximum absolute atomic E-state index is 10.1. The zero-order valence-corrected chi connectivity index (χ0v) is 21.5. The molecule has 5 heteroatoms. The largest absolute Gasteiger partial charge is 0.508 e. The molecule has 1 fully saturated rings. The smallest absolute Gasteiger partial charge is 0.116 e. The Morgan fingerprint density at radius 2 is 1.47 bits per heavy atom.